The number of hydrogen-bond acceptors (Lipinski definition) is 6. The van der Waals surface area contributed by atoms with Crippen LogP contribution in [-0.4, -0.2) is 55.3 Å². The van der Waals surface area contributed by atoms with E-state index in [4.69, 9.17) is 9.47 Å². The minimum Gasteiger partial charge on any atom is -0.481 e. The topological polar surface area (TPSA) is 67.8 Å². The van der Waals surface area contributed by atoms with Crippen LogP contribution in [0.4, 0.5) is 11.5 Å². The van der Waals surface area contributed by atoms with Crippen molar-refractivity contribution in [1.82, 2.24) is 9.97 Å². The monoisotopic (exact) mass is 354 g/mol. The lowest BCUT2D eigenvalue weighted by molar-refractivity contribution is -0.125. The van der Waals surface area contributed by atoms with Crippen LogP contribution in [0.5, 0.6) is 5.88 Å². The number of hydrogen-bond donors (Lipinski definition) is 0. The predicted octanol–water partition coefficient (Wildman–Crippen LogP) is 1.74. The van der Waals surface area contributed by atoms with E-state index < -0.39 is 0 Å². The number of carbonyl (C=O) groups is 1. The Morgan fingerprint density at radius 1 is 1.19 bits per heavy atom. The molecule has 2 atom stereocenters. The number of benzene rings is 1. The van der Waals surface area contributed by atoms with E-state index in [1.54, 1.807) is 7.11 Å². The standard InChI is InChI=1S/C19H22N4O3/c1-25-18-11-17(20-13-21-18)22-8-7-15-16(12-22)26-10-9-23(19(15)24)14-5-3-2-4-6-14/h2-6,11,13,15-16H,7-10,12H2,1H3/t15-,16+/m1/s1. The summed E-state index contributed by atoms with van der Waals surface area (Å²) < 4.78 is 11.2. The van der Waals surface area contributed by atoms with Gasteiger partial charge in [-0.1, -0.05) is 18.2 Å². The number of methoxy groups -OCH3 is 1. The lowest BCUT2D eigenvalue weighted by atomic mass is 9.92. The van der Waals surface area contributed by atoms with E-state index in [0.29, 0.717) is 25.6 Å². The highest BCUT2D eigenvalue weighted by Gasteiger charge is 2.40. The Balaban J connectivity index is 1.51. The Morgan fingerprint density at radius 3 is 2.85 bits per heavy atom. The van der Waals surface area contributed by atoms with Crippen LogP contribution in [0.25, 0.3) is 0 Å². The number of fused-ring (bicyclic) bond motifs is 1. The summed E-state index contributed by atoms with van der Waals surface area (Å²) in [7, 11) is 1.59. The van der Waals surface area contributed by atoms with E-state index in [-0.39, 0.29) is 17.9 Å². The predicted molar refractivity (Wildman–Crippen MR) is 97.4 cm³/mol. The molecule has 4 rings (SSSR count). The summed E-state index contributed by atoms with van der Waals surface area (Å²) in [5.74, 6) is 1.36. The van der Waals surface area contributed by atoms with Crippen molar-refractivity contribution in [3.05, 3.63) is 42.7 Å². The van der Waals surface area contributed by atoms with Crippen LogP contribution in [-0.2, 0) is 9.53 Å². The van der Waals surface area contributed by atoms with E-state index in [1.165, 1.54) is 6.33 Å². The van der Waals surface area contributed by atoms with Crippen LogP contribution < -0.4 is 14.5 Å². The average Bonchev–Trinajstić information content (AvgIpc) is 2.87. The number of piperidine rings is 1. The number of amides is 1. The van der Waals surface area contributed by atoms with Gasteiger partial charge in [0.05, 0.1) is 25.7 Å². The number of nitrogens with zero attached hydrogens (tertiary/aromatic N) is 4. The molecule has 0 N–H and O–H groups in total. The molecule has 26 heavy (non-hydrogen) atoms. The number of aromatic nitrogens is 2. The third-order valence-electron chi connectivity index (χ3n) is 5.02. The molecule has 2 aliphatic rings. The van der Waals surface area contributed by atoms with Gasteiger partial charge in [-0.3, -0.25) is 4.79 Å². The first-order valence-corrected chi connectivity index (χ1v) is 8.85. The molecule has 7 nitrogen and oxygen atoms in total. The van der Waals surface area contributed by atoms with Crippen molar-refractivity contribution in [2.75, 3.05) is 43.2 Å². The minimum atomic E-state index is -0.133. The maximum Gasteiger partial charge on any atom is 0.232 e. The third-order valence-corrected chi connectivity index (χ3v) is 5.02. The van der Waals surface area contributed by atoms with Crippen molar-refractivity contribution in [2.24, 2.45) is 5.92 Å². The molecule has 0 spiro atoms. The molecule has 7 heteroatoms. The fourth-order valence-corrected chi connectivity index (χ4v) is 3.66. The quantitative estimate of drug-likeness (QED) is 0.836. The van der Waals surface area contributed by atoms with Crippen molar-refractivity contribution >= 4 is 17.4 Å². The van der Waals surface area contributed by atoms with Crippen molar-refractivity contribution in [3.8, 4) is 5.88 Å². The number of anilines is 2. The van der Waals surface area contributed by atoms with Crippen LogP contribution in [0.2, 0.25) is 0 Å². The largest absolute Gasteiger partial charge is 0.481 e. The van der Waals surface area contributed by atoms with Crippen molar-refractivity contribution in [1.29, 1.82) is 0 Å². The highest BCUT2D eigenvalue weighted by molar-refractivity contribution is 5.95. The Bertz CT molecular complexity index is 770. The normalized spacial score (nSPS) is 23.3. The summed E-state index contributed by atoms with van der Waals surface area (Å²) in [6.07, 6.45) is 2.10. The number of carbonyl (C=O) groups excluding carboxylic acids is 1. The van der Waals surface area contributed by atoms with E-state index in [0.717, 1.165) is 24.5 Å². The van der Waals surface area contributed by atoms with Crippen LogP contribution >= 0.6 is 0 Å². The van der Waals surface area contributed by atoms with Gasteiger partial charge in [0.2, 0.25) is 11.8 Å². The van der Waals surface area contributed by atoms with Gasteiger partial charge in [-0.2, -0.15) is 0 Å². The second kappa shape index (κ2) is 7.29. The van der Waals surface area contributed by atoms with Crippen molar-refractivity contribution < 1.29 is 14.3 Å². The molecular weight excluding hydrogens is 332 g/mol. The maximum absolute atomic E-state index is 13.1. The Kier molecular flexibility index (Phi) is 4.71. The van der Waals surface area contributed by atoms with Gasteiger partial charge in [0.25, 0.3) is 0 Å². The van der Waals surface area contributed by atoms with Crippen LogP contribution in [0, 0.1) is 5.92 Å². The van der Waals surface area contributed by atoms with Crippen LogP contribution in [0.15, 0.2) is 42.7 Å². The molecule has 1 amide bonds. The fourth-order valence-electron chi connectivity index (χ4n) is 3.66. The molecule has 1 aromatic heterocycles. The van der Waals surface area contributed by atoms with Gasteiger partial charge in [-0.15, -0.1) is 0 Å². The molecule has 2 fully saturated rings. The summed E-state index contributed by atoms with van der Waals surface area (Å²) in [6, 6.07) is 11.6. The van der Waals surface area contributed by atoms with Gasteiger partial charge < -0.3 is 19.3 Å². The van der Waals surface area contributed by atoms with Gasteiger partial charge in [0, 0.05) is 31.4 Å². The fraction of sp³-hybridized carbons (Fsp3) is 0.421. The average molecular weight is 354 g/mol. The summed E-state index contributed by atoms with van der Waals surface area (Å²) >= 11 is 0. The zero-order valence-corrected chi connectivity index (χ0v) is 14.7. The third kappa shape index (κ3) is 3.22. The summed E-state index contributed by atoms with van der Waals surface area (Å²) in [5, 5.41) is 0. The van der Waals surface area contributed by atoms with Gasteiger partial charge in [0.15, 0.2) is 0 Å². The molecule has 0 aliphatic carbocycles. The summed E-state index contributed by atoms with van der Waals surface area (Å²) in [5.41, 5.74) is 0.935. The van der Waals surface area contributed by atoms with Crippen molar-refractivity contribution in [3.63, 3.8) is 0 Å². The second-order valence-electron chi connectivity index (χ2n) is 6.49. The zero-order valence-electron chi connectivity index (χ0n) is 14.7. The van der Waals surface area contributed by atoms with E-state index in [1.807, 2.05) is 41.3 Å². The van der Waals surface area contributed by atoms with Crippen molar-refractivity contribution in [2.45, 2.75) is 12.5 Å². The Hall–Kier alpha value is -2.67. The summed E-state index contributed by atoms with van der Waals surface area (Å²) in [4.78, 5) is 25.5. The van der Waals surface area contributed by atoms with Gasteiger partial charge in [0.1, 0.15) is 12.1 Å². The Labute approximate surface area is 152 Å². The van der Waals surface area contributed by atoms with E-state index in [9.17, 15) is 4.79 Å². The summed E-state index contributed by atoms with van der Waals surface area (Å²) in [6.45, 7) is 2.50. The number of rotatable bonds is 3. The number of ether oxygens (including phenoxy) is 2. The molecule has 0 saturated carbocycles. The maximum atomic E-state index is 13.1. The van der Waals surface area contributed by atoms with Crippen LogP contribution in [0.3, 0.4) is 0 Å². The van der Waals surface area contributed by atoms with Gasteiger partial charge in [-0.25, -0.2) is 9.97 Å². The van der Waals surface area contributed by atoms with E-state index in [2.05, 4.69) is 14.9 Å². The van der Waals surface area contributed by atoms with E-state index >= 15 is 0 Å². The molecular formula is C19H22N4O3. The molecule has 3 heterocycles. The molecule has 1 aromatic carbocycles. The van der Waals surface area contributed by atoms with Gasteiger partial charge in [-0.05, 0) is 18.6 Å². The first-order valence-electron chi connectivity index (χ1n) is 8.85. The highest BCUT2D eigenvalue weighted by Crippen LogP contribution is 2.30. The molecule has 0 bridgehead atoms. The Morgan fingerprint density at radius 2 is 2.04 bits per heavy atom. The molecule has 0 radical (unpaired) electrons. The molecule has 2 aromatic rings. The SMILES string of the molecule is COc1cc(N2CC[C@H]3C(=O)N(c4ccccc4)CCO[C@H]3C2)ncn1. The number of para-hydroxylation sites is 1. The lowest BCUT2D eigenvalue weighted by Gasteiger charge is -2.37. The smallest absolute Gasteiger partial charge is 0.232 e. The van der Waals surface area contributed by atoms with Gasteiger partial charge >= 0.3 is 0 Å². The molecule has 2 saturated heterocycles. The van der Waals surface area contributed by atoms with Crippen LogP contribution in [0.1, 0.15) is 6.42 Å². The molecule has 2 aliphatic heterocycles. The highest BCUT2D eigenvalue weighted by atomic mass is 16.5. The molecule has 136 valence electrons. The second-order valence-corrected chi connectivity index (χ2v) is 6.49. The lowest BCUT2D eigenvalue weighted by Crippen LogP contribution is -2.49. The minimum absolute atomic E-state index is 0.127. The first kappa shape index (κ1) is 16.8. The zero-order chi connectivity index (χ0) is 17.9. The molecule has 0 unspecified atom stereocenters. The first-order chi connectivity index (χ1) is 12.8.